The van der Waals surface area contributed by atoms with Crippen LogP contribution in [-0.2, 0) is 22.5 Å². The van der Waals surface area contributed by atoms with Gasteiger partial charge in [0, 0.05) is 25.9 Å². The van der Waals surface area contributed by atoms with Crippen LogP contribution in [-0.4, -0.2) is 46.4 Å². The van der Waals surface area contributed by atoms with Crippen LogP contribution in [0, 0.1) is 0 Å². The van der Waals surface area contributed by atoms with Crippen LogP contribution in [0.4, 0.5) is 10.5 Å². The lowest BCUT2D eigenvalue weighted by Crippen LogP contribution is -2.28. The first-order chi connectivity index (χ1) is 14.0. The summed E-state index contributed by atoms with van der Waals surface area (Å²) in [5, 5.41) is 8.32. The highest BCUT2D eigenvalue weighted by atomic mass is 16.5. The molecule has 0 radical (unpaired) electrons. The van der Waals surface area contributed by atoms with Gasteiger partial charge in [0.2, 0.25) is 5.91 Å². The normalized spacial score (nSPS) is 10.2. The van der Waals surface area contributed by atoms with E-state index in [1.54, 1.807) is 51.7 Å². The van der Waals surface area contributed by atoms with Gasteiger partial charge in [-0.3, -0.25) is 4.79 Å². The molecule has 3 amide bonds. The van der Waals surface area contributed by atoms with Crippen LogP contribution in [0.5, 0.6) is 11.5 Å². The van der Waals surface area contributed by atoms with Crippen LogP contribution in [0.2, 0.25) is 0 Å². The zero-order chi connectivity index (χ0) is 21.1. The summed E-state index contributed by atoms with van der Waals surface area (Å²) in [5.74, 6) is 1.16. The number of amides is 3. The molecule has 0 spiro atoms. The first kappa shape index (κ1) is 22.0. The van der Waals surface area contributed by atoms with E-state index >= 15 is 0 Å². The van der Waals surface area contributed by atoms with E-state index in [9.17, 15) is 9.59 Å². The molecule has 156 valence electrons. The Morgan fingerprint density at radius 2 is 1.55 bits per heavy atom. The van der Waals surface area contributed by atoms with Crippen molar-refractivity contribution in [2.24, 2.45) is 0 Å². The third-order valence-electron chi connectivity index (χ3n) is 4.11. The number of benzene rings is 2. The van der Waals surface area contributed by atoms with Crippen LogP contribution in [0.25, 0.3) is 0 Å². The molecule has 2 aromatic rings. The van der Waals surface area contributed by atoms with Crippen molar-refractivity contribution in [3.8, 4) is 11.5 Å². The molecule has 3 N–H and O–H groups in total. The summed E-state index contributed by atoms with van der Waals surface area (Å²) >= 11 is 0. The van der Waals surface area contributed by atoms with Gasteiger partial charge in [0.1, 0.15) is 0 Å². The van der Waals surface area contributed by atoms with Gasteiger partial charge in [-0.2, -0.15) is 0 Å². The van der Waals surface area contributed by atoms with E-state index in [0.29, 0.717) is 36.9 Å². The van der Waals surface area contributed by atoms with E-state index < -0.39 is 0 Å². The molecule has 8 heteroatoms. The Bertz CT molecular complexity index is 808. The summed E-state index contributed by atoms with van der Waals surface area (Å²) in [6, 6.07) is 12.3. The van der Waals surface area contributed by atoms with Crippen molar-refractivity contribution >= 4 is 17.6 Å². The van der Waals surface area contributed by atoms with Gasteiger partial charge in [0.25, 0.3) is 0 Å². The number of nitrogens with one attached hydrogen (secondary N) is 3. The van der Waals surface area contributed by atoms with Gasteiger partial charge in [-0.1, -0.05) is 18.2 Å². The van der Waals surface area contributed by atoms with Gasteiger partial charge in [0.05, 0.1) is 27.2 Å². The van der Waals surface area contributed by atoms with Gasteiger partial charge in [0.15, 0.2) is 11.5 Å². The Morgan fingerprint density at radius 1 is 0.862 bits per heavy atom. The first-order valence-corrected chi connectivity index (χ1v) is 9.16. The number of hydrogen-bond acceptors (Lipinski definition) is 5. The van der Waals surface area contributed by atoms with E-state index in [0.717, 1.165) is 11.1 Å². The van der Waals surface area contributed by atoms with Crippen LogP contribution >= 0.6 is 0 Å². The molecule has 0 aromatic heterocycles. The smallest absolute Gasteiger partial charge is 0.319 e. The van der Waals surface area contributed by atoms with Crippen molar-refractivity contribution in [1.82, 2.24) is 10.6 Å². The zero-order valence-corrected chi connectivity index (χ0v) is 16.9. The maximum atomic E-state index is 12.1. The second kappa shape index (κ2) is 11.6. The highest BCUT2D eigenvalue weighted by Crippen LogP contribution is 2.27. The zero-order valence-electron chi connectivity index (χ0n) is 16.9. The molecule has 0 unspecified atom stereocenters. The van der Waals surface area contributed by atoms with E-state index in [2.05, 4.69) is 16.0 Å². The van der Waals surface area contributed by atoms with E-state index in [-0.39, 0.29) is 18.4 Å². The van der Waals surface area contributed by atoms with Gasteiger partial charge < -0.3 is 30.2 Å². The maximum Gasteiger partial charge on any atom is 0.319 e. The van der Waals surface area contributed by atoms with Gasteiger partial charge >= 0.3 is 6.03 Å². The fourth-order valence-corrected chi connectivity index (χ4v) is 2.59. The minimum absolute atomic E-state index is 0.0737. The number of anilines is 1. The molecule has 2 aromatic carbocycles. The third-order valence-corrected chi connectivity index (χ3v) is 4.11. The second-order valence-electron chi connectivity index (χ2n) is 6.21. The van der Waals surface area contributed by atoms with Crippen molar-refractivity contribution < 1.29 is 23.8 Å². The van der Waals surface area contributed by atoms with E-state index in [4.69, 9.17) is 14.2 Å². The van der Waals surface area contributed by atoms with Gasteiger partial charge in [-0.05, 0) is 35.4 Å². The van der Waals surface area contributed by atoms with Crippen LogP contribution in [0.1, 0.15) is 11.1 Å². The summed E-state index contributed by atoms with van der Waals surface area (Å²) in [7, 11) is 4.72. The molecule has 0 saturated carbocycles. The topological polar surface area (TPSA) is 97.9 Å². The fourth-order valence-electron chi connectivity index (χ4n) is 2.59. The number of rotatable bonds is 10. The van der Waals surface area contributed by atoms with Crippen molar-refractivity contribution in [2.75, 3.05) is 39.8 Å². The molecule has 8 nitrogen and oxygen atoms in total. The number of carbonyl (C=O) groups excluding carboxylic acids is 2. The van der Waals surface area contributed by atoms with Crippen molar-refractivity contribution in [1.29, 1.82) is 0 Å². The number of urea groups is 1. The largest absolute Gasteiger partial charge is 0.493 e. The molecule has 2 rings (SSSR count). The molecular formula is C21H27N3O5. The lowest BCUT2D eigenvalue weighted by atomic mass is 10.1. The summed E-state index contributed by atoms with van der Waals surface area (Å²) in [4.78, 5) is 23.9. The molecule has 0 bridgehead atoms. The Morgan fingerprint density at radius 3 is 2.21 bits per heavy atom. The number of carbonyl (C=O) groups is 2. The molecule has 0 aliphatic rings. The quantitative estimate of drug-likeness (QED) is 0.531. The highest BCUT2D eigenvalue weighted by Gasteiger charge is 2.07. The summed E-state index contributed by atoms with van der Waals surface area (Å²) in [6.07, 6.45) is 0.273. The predicted octanol–water partition coefficient (Wildman–Crippen LogP) is 2.33. The first-order valence-electron chi connectivity index (χ1n) is 9.16. The monoisotopic (exact) mass is 401 g/mol. The summed E-state index contributed by atoms with van der Waals surface area (Å²) < 4.78 is 15.3. The summed E-state index contributed by atoms with van der Waals surface area (Å²) in [5.41, 5.74) is 2.38. The van der Waals surface area contributed by atoms with Gasteiger partial charge in [-0.25, -0.2) is 4.79 Å². The average molecular weight is 401 g/mol. The molecule has 0 aliphatic heterocycles. The molecule has 0 fully saturated rings. The van der Waals surface area contributed by atoms with Crippen LogP contribution < -0.4 is 25.4 Å². The standard InChI is InChI=1S/C21H27N3O5/c1-27-11-10-22-20(25)13-15-4-7-17(8-5-15)24-21(26)23-14-16-6-9-18(28-2)19(12-16)29-3/h4-9,12H,10-11,13-14H2,1-3H3,(H,22,25)(H2,23,24,26). The highest BCUT2D eigenvalue weighted by molar-refractivity contribution is 5.89. The number of hydrogen-bond donors (Lipinski definition) is 3. The van der Waals surface area contributed by atoms with Crippen molar-refractivity contribution in [2.45, 2.75) is 13.0 Å². The minimum Gasteiger partial charge on any atom is -0.493 e. The van der Waals surface area contributed by atoms with E-state index in [1.807, 2.05) is 12.1 Å². The van der Waals surface area contributed by atoms with E-state index in [1.165, 1.54) is 0 Å². The lowest BCUT2D eigenvalue weighted by molar-refractivity contribution is -0.120. The molecular weight excluding hydrogens is 374 g/mol. The Balaban J connectivity index is 1.81. The molecule has 0 aliphatic carbocycles. The molecule has 0 saturated heterocycles. The average Bonchev–Trinajstić information content (AvgIpc) is 2.73. The third kappa shape index (κ3) is 7.34. The van der Waals surface area contributed by atoms with Crippen molar-refractivity contribution in [3.05, 3.63) is 53.6 Å². The Hall–Kier alpha value is -3.26. The minimum atomic E-state index is -0.329. The van der Waals surface area contributed by atoms with Gasteiger partial charge in [-0.15, -0.1) is 0 Å². The maximum absolute atomic E-state index is 12.1. The second-order valence-corrected chi connectivity index (χ2v) is 6.21. The Labute approximate surface area is 170 Å². The van der Waals surface area contributed by atoms with Crippen LogP contribution in [0.15, 0.2) is 42.5 Å². The fraction of sp³-hybridized carbons (Fsp3) is 0.333. The summed E-state index contributed by atoms with van der Waals surface area (Å²) in [6.45, 7) is 1.30. The lowest BCUT2D eigenvalue weighted by Gasteiger charge is -2.11. The molecule has 0 atom stereocenters. The number of ether oxygens (including phenoxy) is 3. The van der Waals surface area contributed by atoms with Crippen LogP contribution in [0.3, 0.4) is 0 Å². The Kier molecular flexibility index (Phi) is 8.78. The molecule has 0 heterocycles. The predicted molar refractivity (Wildman–Crippen MR) is 110 cm³/mol. The van der Waals surface area contributed by atoms with Crippen molar-refractivity contribution in [3.63, 3.8) is 0 Å². The SMILES string of the molecule is COCCNC(=O)Cc1ccc(NC(=O)NCc2ccc(OC)c(OC)c2)cc1. The number of methoxy groups -OCH3 is 3. The molecule has 29 heavy (non-hydrogen) atoms.